The molecule has 0 aliphatic rings. The van der Waals surface area contributed by atoms with E-state index in [1.165, 1.54) is 0 Å². The molecule has 11 aromatic rings. The number of hydrogen-bond acceptors (Lipinski definition) is 1. The minimum Gasteiger partial charge on any atom is -0.457 e. The van der Waals surface area contributed by atoms with E-state index >= 15 is 0 Å². The maximum absolute atomic E-state index is 7.33. The first-order valence-electron chi connectivity index (χ1n) is 23.8. The average Bonchev–Trinajstić information content (AvgIpc) is 3.34. The van der Waals surface area contributed by atoms with Crippen LogP contribution in [0.25, 0.3) is 109 Å². The highest BCUT2D eigenvalue weighted by Crippen LogP contribution is 2.43. The molecule has 0 spiro atoms. The fourth-order valence-electron chi connectivity index (χ4n) is 11.8. The summed E-state index contributed by atoms with van der Waals surface area (Å²) in [7, 11) is 206. The van der Waals surface area contributed by atoms with Gasteiger partial charge >= 0.3 is 0 Å². The highest BCUT2D eigenvalue weighted by Gasteiger charge is 2.32. The Balaban J connectivity index is 1.40. The van der Waals surface area contributed by atoms with Crippen LogP contribution in [0.15, 0.2) is 4.42 Å². The Morgan fingerprint density at radius 2 is 0.321 bits per heavy atom. The maximum Gasteiger partial charge on any atom is 0.128 e. The number of benzene rings is 10. The van der Waals surface area contributed by atoms with Gasteiger partial charge in [-0.05, 0) is 92.7 Å². The highest BCUT2D eigenvalue weighted by atomic mass is 16.3. The molecule has 0 fully saturated rings. The molecular formula is C50B30O. The SMILES string of the molecule is [B]c1c([B])c(-c2c([B])c([B])c([B])c3c([B])c([B])c4c([B])c([B])c([B])c([B])c4c23)c([B])c([B])c1-c1c2c([B])c([B])c([B])c([B])c2c(-c2c([B])c([B])c([B])c3oc4c([B])c5c([B])c([B])c([B])c([B])c5c([B])c4c23)c2c([B])c([B])c([B])c([B])c12. The molecule has 31 heteroatoms. The van der Waals surface area contributed by atoms with Gasteiger partial charge < -0.3 is 4.42 Å². The molecule has 1 aromatic heterocycles. The van der Waals surface area contributed by atoms with Gasteiger partial charge in [-0.3, -0.25) is 0 Å². The van der Waals surface area contributed by atoms with Gasteiger partial charge in [0.15, 0.2) is 0 Å². The Morgan fingerprint density at radius 1 is 0.111 bits per heavy atom. The number of rotatable bonds is 3. The summed E-state index contributed by atoms with van der Waals surface area (Å²) in [5.41, 5.74) is -5.77. The van der Waals surface area contributed by atoms with Gasteiger partial charge in [0.05, 0.1) is 0 Å². The first-order chi connectivity index (χ1) is 37.8. The van der Waals surface area contributed by atoms with Crippen LogP contribution in [0.1, 0.15) is 0 Å². The summed E-state index contributed by atoms with van der Waals surface area (Å²) in [5.74, 6) is 0. The van der Waals surface area contributed by atoms with Gasteiger partial charge in [-0.1, -0.05) is 104 Å². The van der Waals surface area contributed by atoms with Crippen molar-refractivity contribution < 1.29 is 4.42 Å². The van der Waals surface area contributed by atoms with Crippen molar-refractivity contribution in [3.63, 3.8) is 0 Å². The molecule has 0 atom stereocenters. The zero-order valence-corrected chi connectivity index (χ0v) is 42.7. The van der Waals surface area contributed by atoms with Crippen LogP contribution in [0, 0.1) is 0 Å². The van der Waals surface area contributed by atoms with Gasteiger partial charge in [0.25, 0.3) is 0 Å². The van der Waals surface area contributed by atoms with Crippen molar-refractivity contribution in [2.45, 2.75) is 0 Å². The largest absolute Gasteiger partial charge is 0.457 e. The molecule has 81 heavy (non-hydrogen) atoms. The molecule has 0 aliphatic carbocycles. The average molecular weight is 941 g/mol. The molecule has 0 amide bonds. The van der Waals surface area contributed by atoms with Gasteiger partial charge in [0.1, 0.15) is 247 Å². The van der Waals surface area contributed by atoms with Gasteiger partial charge in [-0.25, -0.2) is 0 Å². The standard InChI is InChI=1S/C50B30O/c51-19-16-17(36(68)46(78)45(77)35(16)67)37(69)50-18(19)11-8(24(56)47(79)48(80)49(11)81-50)1-4-6(22(54)41(73)39(71)20(4)52)2(7-5(1)21(53)40(72)42(74)23(7)55)12-27(59)30(62)14(31(63)28(12)60)9-3-10-15(34(66)44(76)43(75)26(10)58)32(64)29(61)13(3)33(65)38(70)25(9)57. The van der Waals surface area contributed by atoms with Gasteiger partial charge in [-0.15, -0.1) is 54.6 Å². The van der Waals surface area contributed by atoms with E-state index in [1.807, 2.05) is 0 Å². The molecular weight excluding hydrogens is 941 g/mol. The zero-order valence-electron chi connectivity index (χ0n) is 42.7. The van der Waals surface area contributed by atoms with Crippen molar-refractivity contribution in [2.24, 2.45) is 0 Å². The van der Waals surface area contributed by atoms with Gasteiger partial charge in [0, 0.05) is 10.8 Å². The van der Waals surface area contributed by atoms with Crippen LogP contribution in [0.4, 0.5) is 0 Å². The predicted octanol–water partition coefficient (Wildman–Crippen LogP) is -21.8. The molecule has 0 saturated heterocycles. The Morgan fingerprint density at radius 3 is 0.691 bits per heavy atom. The minimum absolute atomic E-state index is 0.0263. The number of fused-ring (bicyclic) bond motifs is 9. The molecule has 60 radical (unpaired) electrons. The number of furan rings is 1. The molecule has 0 aliphatic heterocycles. The summed E-state index contributed by atoms with van der Waals surface area (Å²) >= 11 is 0. The fourth-order valence-corrected chi connectivity index (χ4v) is 11.8. The quantitative estimate of drug-likeness (QED) is 0.0977. The van der Waals surface area contributed by atoms with Crippen molar-refractivity contribution >= 4 is 475 Å². The Labute approximate surface area is 509 Å². The van der Waals surface area contributed by atoms with Crippen LogP contribution in [-0.4, -0.2) is 235 Å². The van der Waals surface area contributed by atoms with Crippen LogP contribution in [0.2, 0.25) is 0 Å². The van der Waals surface area contributed by atoms with Crippen molar-refractivity contribution in [1.29, 1.82) is 0 Å². The summed E-state index contributed by atoms with van der Waals surface area (Å²) < 4.78 is 6.53. The summed E-state index contributed by atoms with van der Waals surface area (Å²) in [6.07, 6.45) is 0. The summed E-state index contributed by atoms with van der Waals surface area (Å²) in [6.45, 7) is 0. The summed E-state index contributed by atoms with van der Waals surface area (Å²) in [5, 5.41) is 0.413. The van der Waals surface area contributed by atoms with E-state index in [-0.39, 0.29) is 273 Å². The van der Waals surface area contributed by atoms with Crippen molar-refractivity contribution in [3.8, 4) is 33.4 Å². The molecule has 0 bridgehead atoms. The third-order valence-corrected chi connectivity index (χ3v) is 16.0. The predicted molar refractivity (Wildman–Crippen MR) is 379 cm³/mol. The third kappa shape index (κ3) is 7.30. The van der Waals surface area contributed by atoms with Gasteiger partial charge in [0.2, 0.25) is 0 Å². The van der Waals surface area contributed by atoms with E-state index in [4.69, 9.17) is 240 Å². The van der Waals surface area contributed by atoms with E-state index in [2.05, 4.69) is 0 Å². The Hall–Kier alpha value is -4.75. The van der Waals surface area contributed by atoms with Crippen molar-refractivity contribution in [3.05, 3.63) is 0 Å². The first-order valence-corrected chi connectivity index (χ1v) is 23.8. The van der Waals surface area contributed by atoms with E-state index in [0.717, 1.165) is 0 Å². The lowest BCUT2D eigenvalue weighted by atomic mass is 9.55. The van der Waals surface area contributed by atoms with E-state index in [1.54, 1.807) is 0 Å². The van der Waals surface area contributed by atoms with Gasteiger partial charge in [-0.2, -0.15) is 0 Å². The molecule has 1 heterocycles. The summed E-state index contributed by atoms with van der Waals surface area (Å²) in [6, 6.07) is 0. The maximum atomic E-state index is 7.33. The first kappa shape index (κ1) is 58.0. The normalized spacial score (nSPS) is 12.0. The smallest absolute Gasteiger partial charge is 0.128 e. The molecule has 11 rings (SSSR count). The van der Waals surface area contributed by atoms with Crippen LogP contribution >= 0.6 is 0 Å². The minimum atomic E-state index is -0.313. The highest BCUT2D eigenvalue weighted by molar-refractivity contribution is 6.79. The topological polar surface area (TPSA) is 13.1 Å². The second-order valence-electron chi connectivity index (χ2n) is 19.9. The molecule has 1 nitrogen and oxygen atoms in total. The van der Waals surface area contributed by atoms with Crippen molar-refractivity contribution in [1.82, 2.24) is 0 Å². The van der Waals surface area contributed by atoms with Crippen molar-refractivity contribution in [2.75, 3.05) is 0 Å². The van der Waals surface area contributed by atoms with Crippen LogP contribution in [0.5, 0.6) is 0 Å². The third-order valence-electron chi connectivity index (χ3n) is 16.0. The lowest BCUT2D eigenvalue weighted by Gasteiger charge is -2.33. The number of hydrogen-bond donors (Lipinski definition) is 0. The molecule has 10 aromatic carbocycles. The summed E-state index contributed by atoms with van der Waals surface area (Å²) in [4.78, 5) is 0. The lowest BCUT2D eigenvalue weighted by Crippen LogP contribution is -2.52. The Bertz CT molecular complexity index is 4820. The van der Waals surface area contributed by atoms with E-state index in [0.29, 0.717) is 0 Å². The molecule has 0 saturated carbocycles. The Kier molecular flexibility index (Phi) is 13.9. The molecule has 0 unspecified atom stereocenters. The fraction of sp³-hybridized carbons (Fsp3) is 0. The second kappa shape index (κ2) is 19.4. The molecule has 296 valence electrons. The van der Waals surface area contributed by atoms with Crippen LogP contribution < -0.4 is 164 Å². The van der Waals surface area contributed by atoms with E-state index in [9.17, 15) is 0 Å². The zero-order chi connectivity index (χ0) is 59.6. The molecule has 0 N–H and O–H groups in total. The van der Waals surface area contributed by atoms with E-state index < -0.39 is 0 Å². The lowest BCUT2D eigenvalue weighted by molar-refractivity contribution is 0.675. The van der Waals surface area contributed by atoms with Crippen LogP contribution in [0.3, 0.4) is 0 Å². The monoisotopic (exact) mass is 946 g/mol. The second-order valence-corrected chi connectivity index (χ2v) is 19.9. The van der Waals surface area contributed by atoms with Crippen LogP contribution in [-0.2, 0) is 0 Å².